The van der Waals surface area contributed by atoms with Gasteiger partial charge in [0.25, 0.3) is 5.56 Å². The van der Waals surface area contributed by atoms with Crippen LogP contribution >= 0.6 is 0 Å². The Kier molecular flexibility index (Phi) is 1.93. The molecule has 3 rings (SSSR count). The predicted molar refractivity (Wildman–Crippen MR) is 63.3 cm³/mol. The largest absolute Gasteiger partial charge is 0.365 e. The van der Waals surface area contributed by atoms with E-state index in [1.165, 1.54) is 0 Å². The maximum Gasteiger partial charge on any atom is 0.279 e. The van der Waals surface area contributed by atoms with Crippen molar-refractivity contribution in [1.29, 1.82) is 0 Å². The monoisotopic (exact) mass is 211 g/mol. The lowest BCUT2D eigenvalue weighted by molar-refractivity contribution is 1.18. The van der Waals surface area contributed by atoms with Gasteiger partial charge in [0, 0.05) is 6.54 Å². The fourth-order valence-electron chi connectivity index (χ4n) is 1.72. The van der Waals surface area contributed by atoms with Gasteiger partial charge in [0.15, 0.2) is 5.82 Å². The SMILES string of the molecule is O=c1nc2c(nc3ccccc13)NCC=C2. The molecule has 0 unspecified atom stereocenters. The van der Waals surface area contributed by atoms with Gasteiger partial charge in [-0.15, -0.1) is 0 Å². The molecule has 0 fully saturated rings. The molecule has 0 spiro atoms. The number of hydrogen-bond acceptors (Lipinski definition) is 4. The molecule has 0 amide bonds. The van der Waals surface area contributed by atoms with Crippen molar-refractivity contribution in [2.24, 2.45) is 0 Å². The standard InChI is InChI=1S/C12H9N3O/c16-12-8-4-1-2-5-9(8)14-11-10(15-12)6-3-7-13-11/h1-6H,7H2,(H,13,14). The molecule has 0 saturated heterocycles. The van der Waals surface area contributed by atoms with E-state index in [1.54, 1.807) is 6.07 Å². The number of aromatic nitrogens is 2. The molecule has 1 aliphatic heterocycles. The van der Waals surface area contributed by atoms with Gasteiger partial charge in [0.2, 0.25) is 0 Å². The molecular formula is C12H9N3O. The summed E-state index contributed by atoms with van der Waals surface area (Å²) in [5.41, 5.74) is 1.04. The third-order valence-corrected chi connectivity index (χ3v) is 2.49. The number of hydrogen-bond donors (Lipinski definition) is 1. The second-order valence-electron chi connectivity index (χ2n) is 3.56. The first-order valence-electron chi connectivity index (χ1n) is 5.06. The van der Waals surface area contributed by atoms with Crippen molar-refractivity contribution in [2.75, 3.05) is 11.9 Å². The summed E-state index contributed by atoms with van der Waals surface area (Å²) in [6, 6.07) is 7.24. The Bertz CT molecular complexity index is 649. The van der Waals surface area contributed by atoms with Gasteiger partial charge in [-0.25, -0.2) is 9.97 Å². The number of anilines is 1. The summed E-state index contributed by atoms with van der Waals surface area (Å²) in [5, 5.41) is 3.65. The lowest BCUT2D eigenvalue weighted by atomic mass is 10.2. The molecule has 4 heteroatoms. The number of rotatable bonds is 0. The third kappa shape index (κ3) is 1.35. The highest BCUT2D eigenvalue weighted by Gasteiger charge is 2.08. The normalized spacial score (nSPS) is 13.2. The summed E-state index contributed by atoms with van der Waals surface area (Å²) < 4.78 is 0. The van der Waals surface area contributed by atoms with Crippen molar-refractivity contribution in [3.05, 3.63) is 46.4 Å². The van der Waals surface area contributed by atoms with E-state index in [0.29, 0.717) is 29.0 Å². The van der Waals surface area contributed by atoms with Crippen LogP contribution in [0.3, 0.4) is 0 Å². The Hall–Kier alpha value is -2.23. The molecule has 2 aromatic rings. The molecule has 4 nitrogen and oxygen atoms in total. The van der Waals surface area contributed by atoms with E-state index in [9.17, 15) is 4.79 Å². The first kappa shape index (κ1) is 9.03. The Morgan fingerprint density at radius 2 is 2.06 bits per heavy atom. The van der Waals surface area contributed by atoms with Crippen LogP contribution in [0.1, 0.15) is 5.69 Å². The van der Waals surface area contributed by atoms with Crippen LogP contribution in [-0.4, -0.2) is 16.5 Å². The highest BCUT2D eigenvalue weighted by molar-refractivity contribution is 5.79. The quantitative estimate of drug-likeness (QED) is 0.716. The minimum absolute atomic E-state index is 0.238. The van der Waals surface area contributed by atoms with Gasteiger partial charge in [-0.05, 0) is 18.2 Å². The number of nitrogens with zero attached hydrogens (tertiary/aromatic N) is 2. The number of para-hydroxylation sites is 1. The highest BCUT2D eigenvalue weighted by atomic mass is 16.1. The molecule has 1 N–H and O–H groups in total. The van der Waals surface area contributed by atoms with Crippen molar-refractivity contribution in [3.63, 3.8) is 0 Å². The molecule has 1 aromatic carbocycles. The summed E-state index contributed by atoms with van der Waals surface area (Å²) in [6.07, 6.45) is 3.74. The van der Waals surface area contributed by atoms with E-state index in [4.69, 9.17) is 0 Å². The predicted octanol–water partition coefficient (Wildman–Crippen LogP) is 1.43. The molecular weight excluding hydrogens is 202 g/mol. The zero-order valence-corrected chi connectivity index (χ0v) is 8.47. The van der Waals surface area contributed by atoms with E-state index >= 15 is 0 Å². The minimum atomic E-state index is -0.238. The van der Waals surface area contributed by atoms with Gasteiger partial charge in [-0.2, -0.15) is 0 Å². The summed E-state index contributed by atoms with van der Waals surface area (Å²) in [5.74, 6) is 0.667. The molecule has 0 radical (unpaired) electrons. The van der Waals surface area contributed by atoms with Gasteiger partial charge in [0.05, 0.1) is 10.9 Å². The molecule has 1 aliphatic rings. The second-order valence-corrected chi connectivity index (χ2v) is 3.56. The van der Waals surface area contributed by atoms with Crippen LogP contribution in [0.5, 0.6) is 0 Å². The van der Waals surface area contributed by atoms with Crippen LogP contribution < -0.4 is 10.9 Å². The molecule has 1 aromatic heterocycles. The maximum absolute atomic E-state index is 11.8. The van der Waals surface area contributed by atoms with E-state index in [0.717, 1.165) is 0 Å². The lowest BCUT2D eigenvalue weighted by Gasteiger charge is -2.06. The summed E-state index contributed by atoms with van der Waals surface area (Å²) in [6.45, 7) is 0.716. The Morgan fingerprint density at radius 3 is 3.00 bits per heavy atom. The van der Waals surface area contributed by atoms with E-state index in [-0.39, 0.29) is 5.56 Å². The van der Waals surface area contributed by atoms with Crippen LogP contribution in [0.15, 0.2) is 35.1 Å². The third-order valence-electron chi connectivity index (χ3n) is 2.49. The molecule has 16 heavy (non-hydrogen) atoms. The number of fused-ring (bicyclic) bond motifs is 2. The van der Waals surface area contributed by atoms with Gasteiger partial charge in [-0.3, -0.25) is 4.79 Å². The molecule has 0 aliphatic carbocycles. The van der Waals surface area contributed by atoms with Crippen LogP contribution in [0.4, 0.5) is 5.82 Å². The molecule has 0 saturated carbocycles. The van der Waals surface area contributed by atoms with Gasteiger partial charge in [0.1, 0.15) is 5.69 Å². The van der Waals surface area contributed by atoms with Gasteiger partial charge >= 0.3 is 0 Å². The topological polar surface area (TPSA) is 54.9 Å². The maximum atomic E-state index is 11.8. The second kappa shape index (κ2) is 3.41. The van der Waals surface area contributed by atoms with Crippen molar-refractivity contribution in [2.45, 2.75) is 0 Å². The average molecular weight is 211 g/mol. The number of nitrogens with one attached hydrogen (secondary N) is 1. The fourth-order valence-corrected chi connectivity index (χ4v) is 1.72. The van der Waals surface area contributed by atoms with Gasteiger partial charge in [-0.1, -0.05) is 18.2 Å². The highest BCUT2D eigenvalue weighted by Crippen LogP contribution is 2.15. The summed E-state index contributed by atoms with van der Waals surface area (Å²) in [4.78, 5) is 20.3. The van der Waals surface area contributed by atoms with Crippen molar-refractivity contribution in [1.82, 2.24) is 9.97 Å². The molecule has 2 heterocycles. The van der Waals surface area contributed by atoms with Crippen molar-refractivity contribution >= 4 is 22.8 Å². The Morgan fingerprint density at radius 1 is 1.19 bits per heavy atom. The summed E-state index contributed by atoms with van der Waals surface area (Å²) in [7, 11) is 0. The van der Waals surface area contributed by atoms with Crippen molar-refractivity contribution in [3.8, 4) is 0 Å². The van der Waals surface area contributed by atoms with E-state index in [1.807, 2.05) is 30.4 Å². The lowest BCUT2D eigenvalue weighted by Crippen LogP contribution is -2.08. The first-order valence-corrected chi connectivity index (χ1v) is 5.06. The molecule has 0 bridgehead atoms. The molecule has 78 valence electrons. The number of benzene rings is 1. The Balaban J connectivity index is 2.49. The molecule has 0 atom stereocenters. The van der Waals surface area contributed by atoms with E-state index in [2.05, 4.69) is 15.3 Å². The zero-order valence-electron chi connectivity index (χ0n) is 8.47. The summed E-state index contributed by atoms with van der Waals surface area (Å²) >= 11 is 0. The van der Waals surface area contributed by atoms with Crippen LogP contribution in [0, 0.1) is 0 Å². The van der Waals surface area contributed by atoms with Crippen LogP contribution in [0.2, 0.25) is 0 Å². The minimum Gasteiger partial charge on any atom is -0.365 e. The smallest absolute Gasteiger partial charge is 0.279 e. The van der Waals surface area contributed by atoms with E-state index < -0.39 is 0 Å². The van der Waals surface area contributed by atoms with Crippen LogP contribution in [0.25, 0.3) is 17.0 Å². The van der Waals surface area contributed by atoms with Crippen LogP contribution in [-0.2, 0) is 0 Å². The average Bonchev–Trinajstić information content (AvgIpc) is 2.45. The van der Waals surface area contributed by atoms with Gasteiger partial charge < -0.3 is 5.32 Å². The fraction of sp³-hybridized carbons (Fsp3) is 0.0833. The first-order chi connectivity index (χ1) is 7.84. The van der Waals surface area contributed by atoms with Crippen molar-refractivity contribution < 1.29 is 0 Å². The zero-order chi connectivity index (χ0) is 11.0. The Labute approximate surface area is 91.7 Å².